The summed E-state index contributed by atoms with van der Waals surface area (Å²) in [7, 11) is 0. The maximum absolute atomic E-state index is 9.21. The van der Waals surface area contributed by atoms with Gasteiger partial charge in [0.15, 0.2) is 0 Å². The molecule has 4 rings (SSSR count). The van der Waals surface area contributed by atoms with Crippen molar-refractivity contribution in [1.82, 2.24) is 9.89 Å². The second kappa shape index (κ2) is 6.21. The van der Waals surface area contributed by atoms with Crippen molar-refractivity contribution < 1.29 is 0 Å². The Morgan fingerprint density at radius 1 is 1.00 bits per heavy atom. The molecule has 0 unspecified atom stereocenters. The summed E-state index contributed by atoms with van der Waals surface area (Å²) < 4.78 is 0. The highest BCUT2D eigenvalue weighted by Crippen LogP contribution is 2.24. The van der Waals surface area contributed by atoms with Crippen LogP contribution in [0.15, 0.2) is 48.5 Å². The number of hydrogen-bond donors (Lipinski definition) is 0. The van der Waals surface area contributed by atoms with Crippen molar-refractivity contribution in [3.63, 3.8) is 0 Å². The molecule has 2 aromatic carbocycles. The van der Waals surface area contributed by atoms with Crippen LogP contribution >= 0.6 is 0 Å². The molecule has 4 heteroatoms. The SMILES string of the molecule is N#Cc1ccc2nn(N3CCCC3)c(/C=C/c3ccccc3)c2c1. The molecule has 0 radical (unpaired) electrons. The number of nitrogens with zero attached hydrogens (tertiary/aromatic N) is 4. The van der Waals surface area contributed by atoms with Gasteiger partial charge >= 0.3 is 0 Å². The van der Waals surface area contributed by atoms with Crippen LogP contribution in [0.2, 0.25) is 0 Å². The molecule has 1 aromatic heterocycles. The van der Waals surface area contributed by atoms with E-state index in [1.54, 1.807) is 0 Å². The second-order valence-corrected chi connectivity index (χ2v) is 6.02. The summed E-state index contributed by atoms with van der Waals surface area (Å²) in [6.07, 6.45) is 6.59. The molecule has 4 nitrogen and oxygen atoms in total. The van der Waals surface area contributed by atoms with Gasteiger partial charge < -0.3 is 0 Å². The second-order valence-electron chi connectivity index (χ2n) is 6.02. The third-order valence-electron chi connectivity index (χ3n) is 4.40. The Hall–Kier alpha value is -3.06. The van der Waals surface area contributed by atoms with E-state index in [9.17, 15) is 5.26 Å². The van der Waals surface area contributed by atoms with Gasteiger partial charge in [-0.25, -0.2) is 0 Å². The van der Waals surface area contributed by atoms with Gasteiger partial charge in [0, 0.05) is 18.5 Å². The Kier molecular flexibility index (Phi) is 3.76. The van der Waals surface area contributed by atoms with Crippen LogP contribution in [-0.4, -0.2) is 23.0 Å². The Balaban J connectivity index is 1.84. The molecule has 1 fully saturated rings. The van der Waals surface area contributed by atoms with Gasteiger partial charge in [0.1, 0.15) is 0 Å². The van der Waals surface area contributed by atoms with Crippen LogP contribution < -0.4 is 5.01 Å². The Bertz CT molecular complexity index is 925. The highest BCUT2D eigenvalue weighted by molar-refractivity contribution is 5.90. The molecule has 24 heavy (non-hydrogen) atoms. The molecule has 1 saturated heterocycles. The molecular weight excluding hydrogens is 296 g/mol. The van der Waals surface area contributed by atoms with Gasteiger partial charge in [0.25, 0.3) is 0 Å². The molecule has 1 aliphatic rings. The quantitative estimate of drug-likeness (QED) is 0.738. The lowest BCUT2D eigenvalue weighted by Crippen LogP contribution is -2.33. The van der Waals surface area contributed by atoms with E-state index in [-0.39, 0.29) is 0 Å². The van der Waals surface area contributed by atoms with Crippen molar-refractivity contribution in [2.24, 2.45) is 0 Å². The molecule has 0 N–H and O–H groups in total. The highest BCUT2D eigenvalue weighted by atomic mass is 15.7. The largest absolute Gasteiger partial charge is 0.296 e. The molecule has 0 saturated carbocycles. The van der Waals surface area contributed by atoms with Gasteiger partial charge in [0.2, 0.25) is 0 Å². The number of benzene rings is 2. The van der Waals surface area contributed by atoms with Crippen LogP contribution in [0.1, 0.15) is 29.7 Å². The average Bonchev–Trinajstić information content (AvgIpc) is 3.28. The topological polar surface area (TPSA) is 44.9 Å². The monoisotopic (exact) mass is 314 g/mol. The summed E-state index contributed by atoms with van der Waals surface area (Å²) in [5.41, 5.74) is 3.77. The predicted molar refractivity (Wildman–Crippen MR) is 97.0 cm³/mol. The van der Waals surface area contributed by atoms with Gasteiger partial charge in [0.05, 0.1) is 22.8 Å². The van der Waals surface area contributed by atoms with Crippen LogP contribution in [0.5, 0.6) is 0 Å². The van der Waals surface area contributed by atoms with Crippen LogP contribution in [0, 0.1) is 11.3 Å². The normalized spacial score (nSPS) is 14.5. The first-order valence-corrected chi connectivity index (χ1v) is 8.26. The molecule has 0 aliphatic carbocycles. The Morgan fingerprint density at radius 3 is 2.54 bits per heavy atom. The third kappa shape index (κ3) is 2.65. The third-order valence-corrected chi connectivity index (χ3v) is 4.40. The lowest BCUT2D eigenvalue weighted by molar-refractivity contribution is 0.591. The standard InChI is InChI=1S/C20H18N4/c21-15-17-8-10-19-18(14-17)20(11-9-16-6-2-1-3-7-16)24(22-19)23-12-4-5-13-23/h1-3,6-11,14H,4-5,12-13H2/b11-9+. The molecule has 0 amide bonds. The molecule has 0 bridgehead atoms. The number of rotatable bonds is 3. The number of hydrogen-bond acceptors (Lipinski definition) is 3. The molecule has 0 atom stereocenters. The van der Waals surface area contributed by atoms with E-state index in [2.05, 4.69) is 35.4 Å². The zero-order chi connectivity index (χ0) is 16.4. The molecule has 1 aliphatic heterocycles. The minimum atomic E-state index is 0.665. The average molecular weight is 314 g/mol. The molecule has 0 spiro atoms. The summed E-state index contributed by atoms with van der Waals surface area (Å²) in [6, 6.07) is 18.1. The van der Waals surface area contributed by atoms with Crippen molar-refractivity contribution in [3.05, 3.63) is 65.4 Å². The van der Waals surface area contributed by atoms with Gasteiger partial charge in [-0.2, -0.15) is 15.2 Å². The van der Waals surface area contributed by atoms with Crippen LogP contribution in [0.3, 0.4) is 0 Å². The van der Waals surface area contributed by atoms with Gasteiger partial charge in [-0.15, -0.1) is 0 Å². The zero-order valence-corrected chi connectivity index (χ0v) is 13.4. The fourth-order valence-electron chi connectivity index (χ4n) is 3.16. The van der Waals surface area contributed by atoms with Crippen molar-refractivity contribution in [1.29, 1.82) is 5.26 Å². The van der Waals surface area contributed by atoms with Crippen molar-refractivity contribution >= 4 is 23.1 Å². The fourth-order valence-corrected chi connectivity index (χ4v) is 3.16. The maximum atomic E-state index is 9.21. The fraction of sp³-hybridized carbons (Fsp3) is 0.200. The lowest BCUT2D eigenvalue weighted by Gasteiger charge is -2.19. The molecule has 118 valence electrons. The van der Waals surface area contributed by atoms with Gasteiger partial charge in [-0.05, 0) is 42.7 Å². The first-order valence-electron chi connectivity index (χ1n) is 8.26. The summed E-state index contributed by atoms with van der Waals surface area (Å²) in [6.45, 7) is 2.04. The number of aromatic nitrogens is 2. The molecule has 2 heterocycles. The van der Waals surface area contributed by atoms with Crippen molar-refractivity contribution in [2.75, 3.05) is 18.1 Å². The van der Waals surface area contributed by atoms with E-state index >= 15 is 0 Å². The van der Waals surface area contributed by atoms with Crippen molar-refractivity contribution in [2.45, 2.75) is 12.8 Å². The zero-order valence-electron chi connectivity index (χ0n) is 13.4. The van der Waals surface area contributed by atoms with E-state index < -0.39 is 0 Å². The van der Waals surface area contributed by atoms with Crippen molar-refractivity contribution in [3.8, 4) is 6.07 Å². The first-order chi connectivity index (χ1) is 11.8. The lowest BCUT2D eigenvalue weighted by atomic mass is 10.1. The van der Waals surface area contributed by atoms with E-state index in [0.717, 1.165) is 35.2 Å². The van der Waals surface area contributed by atoms with Crippen LogP contribution in [-0.2, 0) is 0 Å². The summed E-state index contributed by atoms with van der Waals surface area (Å²) in [5.74, 6) is 0. The Labute approximate surface area is 141 Å². The summed E-state index contributed by atoms with van der Waals surface area (Å²) in [4.78, 5) is 2.01. The van der Waals surface area contributed by atoms with Crippen LogP contribution in [0.25, 0.3) is 23.1 Å². The van der Waals surface area contributed by atoms with Gasteiger partial charge in [-0.1, -0.05) is 36.4 Å². The molecular formula is C20H18N4. The Morgan fingerprint density at radius 2 is 1.79 bits per heavy atom. The maximum Gasteiger partial charge on any atom is 0.0991 e. The summed E-state index contributed by atoms with van der Waals surface area (Å²) >= 11 is 0. The van der Waals surface area contributed by atoms with E-state index in [1.807, 2.05) is 41.2 Å². The predicted octanol–water partition coefficient (Wildman–Crippen LogP) is 3.81. The van der Waals surface area contributed by atoms with E-state index in [4.69, 9.17) is 5.10 Å². The smallest absolute Gasteiger partial charge is 0.0991 e. The van der Waals surface area contributed by atoms with Crippen LogP contribution in [0.4, 0.5) is 0 Å². The highest BCUT2D eigenvalue weighted by Gasteiger charge is 2.18. The minimum absolute atomic E-state index is 0.665. The summed E-state index contributed by atoms with van der Waals surface area (Å²) in [5, 5.41) is 17.3. The van der Waals surface area contributed by atoms with E-state index in [0.29, 0.717) is 5.56 Å². The van der Waals surface area contributed by atoms with Gasteiger partial charge in [-0.3, -0.25) is 5.01 Å². The first kappa shape index (κ1) is 14.5. The minimum Gasteiger partial charge on any atom is -0.296 e. The number of nitriles is 1. The number of fused-ring (bicyclic) bond motifs is 1. The van der Waals surface area contributed by atoms with E-state index in [1.165, 1.54) is 12.8 Å². The molecule has 3 aromatic rings.